The lowest BCUT2D eigenvalue weighted by Crippen LogP contribution is -2.51. The van der Waals surface area contributed by atoms with Crippen LogP contribution in [0.3, 0.4) is 0 Å². The molecule has 94 valence electrons. The van der Waals surface area contributed by atoms with E-state index in [1.807, 2.05) is 6.92 Å². The van der Waals surface area contributed by atoms with Gasteiger partial charge in [0.25, 0.3) is 0 Å². The third-order valence-corrected chi connectivity index (χ3v) is 4.66. The second-order valence-electron chi connectivity index (χ2n) is 4.30. The molecule has 0 aliphatic carbocycles. The van der Waals surface area contributed by atoms with Crippen LogP contribution < -0.4 is 10.0 Å². The van der Waals surface area contributed by atoms with Crippen LogP contribution in [0, 0.1) is 0 Å². The molecule has 0 bridgehead atoms. The van der Waals surface area contributed by atoms with Crippen LogP contribution in [0.15, 0.2) is 0 Å². The summed E-state index contributed by atoms with van der Waals surface area (Å²) < 4.78 is 30.7. The number of carbonyl (C=O) groups is 1. The molecule has 2 unspecified atom stereocenters. The van der Waals surface area contributed by atoms with E-state index >= 15 is 0 Å². The van der Waals surface area contributed by atoms with Crippen molar-refractivity contribution >= 4 is 16.0 Å². The molecule has 0 amide bonds. The van der Waals surface area contributed by atoms with Crippen molar-refractivity contribution in [1.82, 2.24) is 10.0 Å². The summed E-state index contributed by atoms with van der Waals surface area (Å²) in [4.78, 5) is 11.2. The van der Waals surface area contributed by atoms with Crippen LogP contribution in [0.1, 0.15) is 20.3 Å². The third kappa shape index (κ3) is 2.93. The van der Waals surface area contributed by atoms with Gasteiger partial charge in [0.15, 0.2) is 5.25 Å². The fourth-order valence-corrected chi connectivity index (χ4v) is 3.02. The zero-order valence-corrected chi connectivity index (χ0v) is 10.6. The standard InChI is InChI=1S/C9H18N2O4S/c1-7(8(12)15-3)16(13,14)11-9(2)4-5-10-6-9/h7,10-11H,4-6H2,1-3H3. The lowest BCUT2D eigenvalue weighted by molar-refractivity contribution is -0.139. The van der Waals surface area contributed by atoms with Gasteiger partial charge in [-0.25, -0.2) is 13.1 Å². The van der Waals surface area contributed by atoms with Crippen molar-refractivity contribution < 1.29 is 17.9 Å². The number of carbonyl (C=O) groups excluding carboxylic acids is 1. The Bertz CT molecular complexity index is 360. The van der Waals surface area contributed by atoms with Crippen molar-refractivity contribution in [2.75, 3.05) is 20.2 Å². The Labute approximate surface area is 95.8 Å². The monoisotopic (exact) mass is 250 g/mol. The van der Waals surface area contributed by atoms with Gasteiger partial charge >= 0.3 is 5.97 Å². The number of hydrogen-bond acceptors (Lipinski definition) is 5. The van der Waals surface area contributed by atoms with Crippen LogP contribution in [-0.4, -0.2) is 45.4 Å². The first-order valence-electron chi connectivity index (χ1n) is 5.12. The van der Waals surface area contributed by atoms with E-state index in [9.17, 15) is 13.2 Å². The molecule has 1 saturated heterocycles. The van der Waals surface area contributed by atoms with Gasteiger partial charge in [-0.1, -0.05) is 0 Å². The highest BCUT2D eigenvalue weighted by Crippen LogP contribution is 2.16. The molecule has 1 aliphatic rings. The van der Waals surface area contributed by atoms with Gasteiger partial charge in [-0.05, 0) is 26.8 Å². The molecule has 0 aromatic rings. The first-order chi connectivity index (χ1) is 7.31. The van der Waals surface area contributed by atoms with Crippen molar-refractivity contribution in [1.29, 1.82) is 0 Å². The molecule has 0 saturated carbocycles. The first kappa shape index (κ1) is 13.4. The second kappa shape index (κ2) is 4.68. The first-order valence-corrected chi connectivity index (χ1v) is 6.67. The summed E-state index contributed by atoms with van der Waals surface area (Å²) in [6, 6.07) is 0. The Hall–Kier alpha value is -0.660. The van der Waals surface area contributed by atoms with Crippen molar-refractivity contribution in [3.63, 3.8) is 0 Å². The summed E-state index contributed by atoms with van der Waals surface area (Å²) in [5.74, 6) is -0.748. The maximum Gasteiger partial charge on any atom is 0.325 e. The molecule has 2 N–H and O–H groups in total. The number of nitrogens with one attached hydrogen (secondary N) is 2. The summed E-state index contributed by atoms with van der Waals surface area (Å²) in [6.45, 7) is 4.47. The van der Waals surface area contributed by atoms with Gasteiger partial charge in [0.2, 0.25) is 10.0 Å². The number of sulfonamides is 1. The molecule has 6 nitrogen and oxygen atoms in total. The predicted octanol–water partition coefficient (Wildman–Crippen LogP) is -0.781. The molecule has 1 aliphatic heterocycles. The Kier molecular flexibility index (Phi) is 3.92. The van der Waals surface area contributed by atoms with E-state index in [0.29, 0.717) is 13.0 Å². The Morgan fingerprint density at radius 3 is 2.62 bits per heavy atom. The quantitative estimate of drug-likeness (QED) is 0.639. The number of methoxy groups -OCH3 is 1. The van der Waals surface area contributed by atoms with E-state index in [1.54, 1.807) is 0 Å². The molecule has 1 heterocycles. The summed E-state index contributed by atoms with van der Waals surface area (Å²) in [6.07, 6.45) is 0.708. The van der Waals surface area contributed by atoms with Gasteiger partial charge < -0.3 is 10.1 Å². The van der Waals surface area contributed by atoms with Crippen molar-refractivity contribution in [3.8, 4) is 0 Å². The van der Waals surface area contributed by atoms with Gasteiger partial charge in [-0.3, -0.25) is 4.79 Å². The van der Waals surface area contributed by atoms with Crippen molar-refractivity contribution in [3.05, 3.63) is 0 Å². The zero-order valence-electron chi connectivity index (χ0n) is 9.74. The number of hydrogen-bond donors (Lipinski definition) is 2. The topological polar surface area (TPSA) is 84.5 Å². The molecule has 1 rings (SSSR count). The van der Waals surface area contributed by atoms with Crippen LogP contribution in [-0.2, 0) is 19.6 Å². The van der Waals surface area contributed by atoms with Crippen LogP contribution >= 0.6 is 0 Å². The highest BCUT2D eigenvalue weighted by molar-refractivity contribution is 7.90. The summed E-state index contributed by atoms with van der Waals surface area (Å²) in [5, 5.41) is 1.89. The van der Waals surface area contributed by atoms with E-state index < -0.39 is 26.8 Å². The van der Waals surface area contributed by atoms with Crippen LogP contribution in [0.4, 0.5) is 0 Å². The smallest absolute Gasteiger partial charge is 0.325 e. The number of ether oxygens (including phenoxy) is 1. The van der Waals surface area contributed by atoms with E-state index in [-0.39, 0.29) is 0 Å². The fourth-order valence-electron chi connectivity index (χ4n) is 1.63. The van der Waals surface area contributed by atoms with E-state index in [4.69, 9.17) is 0 Å². The Balaban J connectivity index is 2.75. The molecular formula is C9H18N2O4S. The van der Waals surface area contributed by atoms with Crippen molar-refractivity contribution in [2.24, 2.45) is 0 Å². The minimum atomic E-state index is -3.68. The van der Waals surface area contributed by atoms with Crippen LogP contribution in [0.2, 0.25) is 0 Å². The third-order valence-electron chi connectivity index (χ3n) is 2.76. The molecule has 2 atom stereocenters. The maximum atomic E-state index is 11.9. The van der Waals surface area contributed by atoms with Crippen LogP contribution in [0.25, 0.3) is 0 Å². The average Bonchev–Trinajstić information content (AvgIpc) is 2.61. The van der Waals surface area contributed by atoms with Gasteiger partial charge in [-0.15, -0.1) is 0 Å². The molecular weight excluding hydrogens is 232 g/mol. The molecule has 0 spiro atoms. The maximum absolute atomic E-state index is 11.9. The van der Waals surface area contributed by atoms with Gasteiger partial charge in [0, 0.05) is 12.1 Å². The summed E-state index contributed by atoms with van der Waals surface area (Å²) >= 11 is 0. The molecule has 0 radical (unpaired) electrons. The number of esters is 1. The minimum absolute atomic E-state index is 0.513. The van der Waals surface area contributed by atoms with E-state index in [0.717, 1.165) is 6.54 Å². The van der Waals surface area contributed by atoms with Crippen LogP contribution in [0.5, 0.6) is 0 Å². The molecule has 0 aromatic carbocycles. The highest BCUT2D eigenvalue weighted by Gasteiger charge is 2.37. The van der Waals surface area contributed by atoms with E-state index in [2.05, 4.69) is 14.8 Å². The summed E-state index contributed by atoms with van der Waals surface area (Å²) in [5.41, 5.74) is -0.513. The zero-order chi connectivity index (χ0) is 12.4. The molecule has 1 fully saturated rings. The average molecular weight is 250 g/mol. The van der Waals surface area contributed by atoms with Gasteiger partial charge in [0.1, 0.15) is 0 Å². The normalized spacial score (nSPS) is 27.7. The van der Waals surface area contributed by atoms with E-state index in [1.165, 1.54) is 14.0 Å². The van der Waals surface area contributed by atoms with Gasteiger partial charge in [-0.2, -0.15) is 0 Å². The SMILES string of the molecule is COC(=O)C(C)S(=O)(=O)NC1(C)CCNC1. The molecule has 0 aromatic heterocycles. The van der Waals surface area contributed by atoms with Gasteiger partial charge in [0.05, 0.1) is 7.11 Å². The lowest BCUT2D eigenvalue weighted by Gasteiger charge is -2.25. The molecule has 16 heavy (non-hydrogen) atoms. The van der Waals surface area contributed by atoms with Crippen molar-refractivity contribution in [2.45, 2.75) is 31.1 Å². The highest BCUT2D eigenvalue weighted by atomic mass is 32.2. The second-order valence-corrected chi connectivity index (χ2v) is 6.30. The molecule has 7 heteroatoms. The fraction of sp³-hybridized carbons (Fsp3) is 0.889. The summed E-state index contributed by atoms with van der Waals surface area (Å²) in [7, 11) is -2.50. The Morgan fingerprint density at radius 1 is 1.56 bits per heavy atom. The Morgan fingerprint density at radius 2 is 2.19 bits per heavy atom. The largest absolute Gasteiger partial charge is 0.468 e. The lowest BCUT2D eigenvalue weighted by atomic mass is 10.0. The minimum Gasteiger partial charge on any atom is -0.468 e. The number of rotatable bonds is 4. The predicted molar refractivity (Wildman–Crippen MR) is 59.4 cm³/mol.